The summed E-state index contributed by atoms with van der Waals surface area (Å²) in [5.41, 5.74) is 0.414. The van der Waals surface area contributed by atoms with Crippen LogP contribution in [0.4, 0.5) is 0 Å². The van der Waals surface area contributed by atoms with Crippen molar-refractivity contribution >= 4 is 27.5 Å². The molecule has 2 heterocycles. The zero-order chi connectivity index (χ0) is 17.3. The zero-order valence-corrected chi connectivity index (χ0v) is 14.9. The van der Waals surface area contributed by atoms with Gasteiger partial charge in [-0.1, -0.05) is 11.6 Å². The second-order valence-corrected chi connectivity index (χ2v) is 8.18. The Morgan fingerprint density at radius 1 is 1.12 bits per heavy atom. The number of nitrogens with zero attached hydrogens (tertiary/aromatic N) is 2. The molecule has 24 heavy (non-hydrogen) atoms. The van der Waals surface area contributed by atoms with E-state index < -0.39 is 10.0 Å². The maximum Gasteiger partial charge on any atom is 0.254 e. The van der Waals surface area contributed by atoms with E-state index in [4.69, 9.17) is 21.1 Å². The number of benzene rings is 1. The standard InChI is InChI=1S/C15H19ClN2O5S/c1-24(20,21)18-5-3-17(4-6-18)15(19)11-9-12(16)14-13(10-11)22-7-2-8-23-14/h9-10H,2-8H2,1H3. The van der Waals surface area contributed by atoms with Gasteiger partial charge < -0.3 is 14.4 Å². The highest BCUT2D eigenvalue weighted by molar-refractivity contribution is 7.88. The third kappa shape index (κ3) is 3.60. The highest BCUT2D eigenvalue weighted by Crippen LogP contribution is 2.38. The molecule has 0 atom stereocenters. The number of hydrogen-bond acceptors (Lipinski definition) is 5. The fraction of sp³-hybridized carbons (Fsp3) is 0.533. The highest BCUT2D eigenvalue weighted by Gasteiger charge is 2.28. The maximum absolute atomic E-state index is 12.7. The first kappa shape index (κ1) is 17.3. The van der Waals surface area contributed by atoms with E-state index in [1.54, 1.807) is 17.0 Å². The highest BCUT2D eigenvalue weighted by atomic mass is 35.5. The van der Waals surface area contributed by atoms with Gasteiger partial charge in [0.15, 0.2) is 11.5 Å². The SMILES string of the molecule is CS(=O)(=O)N1CCN(C(=O)c2cc(Cl)c3c(c2)OCCCO3)CC1. The molecule has 132 valence electrons. The van der Waals surface area contributed by atoms with Crippen LogP contribution >= 0.6 is 11.6 Å². The number of amides is 1. The van der Waals surface area contributed by atoms with Gasteiger partial charge in [-0.05, 0) is 12.1 Å². The van der Waals surface area contributed by atoms with Crippen LogP contribution in [-0.4, -0.2) is 69.2 Å². The molecular formula is C15H19ClN2O5S. The summed E-state index contributed by atoms with van der Waals surface area (Å²) in [5.74, 6) is 0.742. The summed E-state index contributed by atoms with van der Waals surface area (Å²) >= 11 is 6.22. The van der Waals surface area contributed by atoms with Crippen molar-refractivity contribution < 1.29 is 22.7 Å². The Labute approximate surface area is 146 Å². The van der Waals surface area contributed by atoms with Crippen LogP contribution in [-0.2, 0) is 10.0 Å². The van der Waals surface area contributed by atoms with Gasteiger partial charge in [-0.2, -0.15) is 4.31 Å². The minimum atomic E-state index is -3.22. The molecule has 2 aliphatic rings. The Morgan fingerprint density at radius 2 is 1.79 bits per heavy atom. The molecule has 1 amide bonds. The number of rotatable bonds is 2. The van der Waals surface area contributed by atoms with Crippen LogP contribution < -0.4 is 9.47 Å². The molecule has 0 radical (unpaired) electrons. The summed E-state index contributed by atoms with van der Waals surface area (Å²) < 4.78 is 35.6. The third-order valence-corrected chi connectivity index (χ3v) is 5.63. The molecule has 1 aromatic carbocycles. The molecule has 0 aliphatic carbocycles. The lowest BCUT2D eigenvalue weighted by atomic mass is 10.1. The lowest BCUT2D eigenvalue weighted by Gasteiger charge is -2.33. The molecule has 2 aliphatic heterocycles. The van der Waals surface area contributed by atoms with Crippen LogP contribution in [0.2, 0.25) is 5.02 Å². The number of piperazine rings is 1. The van der Waals surface area contributed by atoms with Crippen molar-refractivity contribution in [2.45, 2.75) is 6.42 Å². The van der Waals surface area contributed by atoms with Gasteiger partial charge in [-0.25, -0.2) is 8.42 Å². The predicted octanol–water partition coefficient (Wildman–Crippen LogP) is 1.22. The molecule has 1 saturated heterocycles. The Morgan fingerprint density at radius 3 is 2.46 bits per heavy atom. The van der Waals surface area contributed by atoms with Gasteiger partial charge in [0.1, 0.15) is 0 Å². The lowest BCUT2D eigenvalue weighted by Crippen LogP contribution is -2.50. The number of fused-ring (bicyclic) bond motifs is 1. The summed E-state index contributed by atoms with van der Waals surface area (Å²) in [4.78, 5) is 14.3. The van der Waals surface area contributed by atoms with Crippen LogP contribution in [0.3, 0.4) is 0 Å². The summed E-state index contributed by atoms with van der Waals surface area (Å²) in [7, 11) is -3.22. The number of ether oxygens (including phenoxy) is 2. The van der Waals surface area contributed by atoms with Gasteiger partial charge >= 0.3 is 0 Å². The second-order valence-electron chi connectivity index (χ2n) is 5.79. The zero-order valence-electron chi connectivity index (χ0n) is 13.3. The van der Waals surface area contributed by atoms with E-state index in [0.717, 1.165) is 6.42 Å². The monoisotopic (exact) mass is 374 g/mol. The van der Waals surface area contributed by atoms with E-state index in [0.29, 0.717) is 61.5 Å². The van der Waals surface area contributed by atoms with Gasteiger partial charge in [0, 0.05) is 38.2 Å². The summed E-state index contributed by atoms with van der Waals surface area (Å²) in [5, 5.41) is 0.340. The largest absolute Gasteiger partial charge is 0.489 e. The van der Waals surface area contributed by atoms with E-state index in [9.17, 15) is 13.2 Å². The van der Waals surface area contributed by atoms with Crippen LogP contribution in [0.25, 0.3) is 0 Å². The second kappa shape index (κ2) is 6.78. The molecule has 0 spiro atoms. The summed E-state index contributed by atoms with van der Waals surface area (Å²) in [6, 6.07) is 3.21. The van der Waals surface area contributed by atoms with Crippen molar-refractivity contribution in [2.75, 3.05) is 45.6 Å². The fourth-order valence-corrected chi connectivity index (χ4v) is 3.85. The topological polar surface area (TPSA) is 76.2 Å². The Kier molecular flexibility index (Phi) is 4.89. The van der Waals surface area contributed by atoms with E-state index in [1.165, 1.54) is 10.6 Å². The van der Waals surface area contributed by atoms with Crippen LogP contribution in [0, 0.1) is 0 Å². The molecule has 7 nitrogen and oxygen atoms in total. The van der Waals surface area contributed by atoms with Crippen molar-refractivity contribution in [2.24, 2.45) is 0 Å². The predicted molar refractivity (Wildman–Crippen MR) is 89.4 cm³/mol. The smallest absolute Gasteiger partial charge is 0.254 e. The van der Waals surface area contributed by atoms with E-state index in [2.05, 4.69) is 0 Å². The molecule has 1 aromatic rings. The Bertz CT molecular complexity index is 744. The van der Waals surface area contributed by atoms with Crippen molar-refractivity contribution in [3.63, 3.8) is 0 Å². The molecular weight excluding hydrogens is 356 g/mol. The van der Waals surface area contributed by atoms with Gasteiger partial charge in [-0.15, -0.1) is 0 Å². The molecule has 0 aromatic heterocycles. The maximum atomic E-state index is 12.7. The first-order valence-electron chi connectivity index (χ1n) is 7.70. The third-order valence-electron chi connectivity index (χ3n) is 4.04. The number of halogens is 1. The Balaban J connectivity index is 1.76. The van der Waals surface area contributed by atoms with Gasteiger partial charge in [0.05, 0.1) is 24.5 Å². The molecule has 1 fully saturated rings. The van der Waals surface area contributed by atoms with Gasteiger partial charge in [0.2, 0.25) is 10.0 Å². The fourth-order valence-electron chi connectivity index (χ4n) is 2.76. The van der Waals surface area contributed by atoms with Crippen molar-refractivity contribution in [1.29, 1.82) is 0 Å². The lowest BCUT2D eigenvalue weighted by molar-refractivity contribution is 0.0698. The van der Waals surface area contributed by atoms with Crippen LogP contribution in [0.1, 0.15) is 16.8 Å². The van der Waals surface area contributed by atoms with E-state index >= 15 is 0 Å². The Hall–Kier alpha value is -1.51. The first-order chi connectivity index (χ1) is 11.4. The van der Waals surface area contributed by atoms with Crippen LogP contribution in [0.15, 0.2) is 12.1 Å². The quantitative estimate of drug-likeness (QED) is 0.778. The van der Waals surface area contributed by atoms with Crippen molar-refractivity contribution in [3.8, 4) is 11.5 Å². The average molecular weight is 375 g/mol. The number of hydrogen-bond donors (Lipinski definition) is 0. The molecule has 0 N–H and O–H groups in total. The summed E-state index contributed by atoms with van der Waals surface area (Å²) in [6.45, 7) is 2.31. The van der Waals surface area contributed by atoms with Gasteiger partial charge in [0.25, 0.3) is 5.91 Å². The van der Waals surface area contributed by atoms with Crippen LogP contribution in [0.5, 0.6) is 11.5 Å². The molecule has 0 unspecified atom stereocenters. The molecule has 0 saturated carbocycles. The van der Waals surface area contributed by atoms with E-state index in [-0.39, 0.29) is 5.91 Å². The van der Waals surface area contributed by atoms with Crippen molar-refractivity contribution in [3.05, 3.63) is 22.7 Å². The average Bonchev–Trinajstić information content (AvgIpc) is 2.79. The number of sulfonamides is 1. The molecule has 0 bridgehead atoms. The minimum absolute atomic E-state index is 0.194. The summed E-state index contributed by atoms with van der Waals surface area (Å²) in [6.07, 6.45) is 1.93. The normalized spacial score (nSPS) is 19.0. The van der Waals surface area contributed by atoms with E-state index in [1.807, 2.05) is 0 Å². The number of carbonyl (C=O) groups is 1. The van der Waals surface area contributed by atoms with Gasteiger partial charge in [-0.3, -0.25) is 4.79 Å². The number of carbonyl (C=O) groups excluding carboxylic acids is 1. The van der Waals surface area contributed by atoms with Crippen molar-refractivity contribution in [1.82, 2.24) is 9.21 Å². The first-order valence-corrected chi connectivity index (χ1v) is 9.92. The molecule has 3 rings (SSSR count). The minimum Gasteiger partial charge on any atom is -0.489 e. The molecule has 9 heteroatoms.